The lowest BCUT2D eigenvalue weighted by atomic mass is 10.1. The molecule has 144 valence electrons. The van der Waals surface area contributed by atoms with Gasteiger partial charge in [-0.05, 0) is 30.0 Å². The highest BCUT2D eigenvalue weighted by molar-refractivity contribution is 7.89. The fourth-order valence-corrected chi connectivity index (χ4v) is 3.41. The Morgan fingerprint density at radius 2 is 1.85 bits per heavy atom. The SMILES string of the molecule is CCCc1nc2n(Cc3ccc(S(N)(=O)=O)cc3)cc(C(C)C)c(=O)n2n1. The molecule has 0 aliphatic carbocycles. The maximum Gasteiger partial charge on any atom is 0.279 e. The number of benzene rings is 1. The molecule has 3 rings (SSSR count). The van der Waals surface area contributed by atoms with E-state index in [0.29, 0.717) is 30.1 Å². The van der Waals surface area contributed by atoms with Crippen molar-refractivity contribution in [2.24, 2.45) is 5.14 Å². The first-order chi connectivity index (χ1) is 12.7. The van der Waals surface area contributed by atoms with Crippen molar-refractivity contribution in [3.05, 3.63) is 57.8 Å². The summed E-state index contributed by atoms with van der Waals surface area (Å²) in [7, 11) is -3.73. The Morgan fingerprint density at radius 3 is 2.41 bits per heavy atom. The van der Waals surface area contributed by atoms with Crippen molar-refractivity contribution in [2.75, 3.05) is 0 Å². The molecular formula is C18H23N5O3S. The fourth-order valence-electron chi connectivity index (χ4n) is 2.89. The van der Waals surface area contributed by atoms with E-state index >= 15 is 0 Å². The van der Waals surface area contributed by atoms with Crippen LogP contribution in [0.4, 0.5) is 0 Å². The monoisotopic (exact) mass is 389 g/mol. The van der Waals surface area contributed by atoms with Crippen LogP contribution in [-0.4, -0.2) is 27.6 Å². The van der Waals surface area contributed by atoms with Gasteiger partial charge in [-0.2, -0.15) is 9.50 Å². The second-order valence-corrected chi connectivity index (χ2v) is 8.41. The molecule has 0 radical (unpaired) electrons. The van der Waals surface area contributed by atoms with Crippen LogP contribution in [0.3, 0.4) is 0 Å². The summed E-state index contributed by atoms with van der Waals surface area (Å²) >= 11 is 0. The van der Waals surface area contributed by atoms with Crippen LogP contribution < -0.4 is 10.7 Å². The maximum atomic E-state index is 12.7. The molecule has 0 fully saturated rings. The number of sulfonamides is 1. The number of hydrogen-bond donors (Lipinski definition) is 1. The van der Waals surface area contributed by atoms with Gasteiger partial charge in [-0.1, -0.05) is 32.9 Å². The molecule has 0 saturated heterocycles. The molecule has 2 aromatic heterocycles. The number of nitrogens with two attached hydrogens (primary N) is 1. The second-order valence-electron chi connectivity index (χ2n) is 6.85. The molecule has 9 heteroatoms. The summed E-state index contributed by atoms with van der Waals surface area (Å²) < 4.78 is 26.1. The van der Waals surface area contributed by atoms with Crippen LogP contribution in [0.2, 0.25) is 0 Å². The zero-order chi connectivity index (χ0) is 19.8. The van der Waals surface area contributed by atoms with Crippen molar-refractivity contribution in [1.82, 2.24) is 19.2 Å². The second kappa shape index (κ2) is 7.24. The van der Waals surface area contributed by atoms with Crippen LogP contribution in [-0.2, 0) is 23.0 Å². The molecule has 1 aromatic carbocycles. The van der Waals surface area contributed by atoms with Crippen LogP contribution in [0.15, 0.2) is 40.2 Å². The molecule has 0 spiro atoms. The van der Waals surface area contributed by atoms with Crippen LogP contribution in [0.25, 0.3) is 5.78 Å². The van der Waals surface area contributed by atoms with Gasteiger partial charge in [0, 0.05) is 18.2 Å². The summed E-state index contributed by atoms with van der Waals surface area (Å²) in [5.74, 6) is 1.15. The Balaban J connectivity index is 2.09. The Bertz CT molecular complexity index is 1130. The van der Waals surface area contributed by atoms with Gasteiger partial charge in [0.15, 0.2) is 5.82 Å². The van der Waals surface area contributed by atoms with Crippen molar-refractivity contribution in [3.63, 3.8) is 0 Å². The third-order valence-electron chi connectivity index (χ3n) is 4.33. The van der Waals surface area contributed by atoms with E-state index in [1.54, 1.807) is 18.3 Å². The molecule has 0 unspecified atom stereocenters. The van der Waals surface area contributed by atoms with Crippen molar-refractivity contribution in [1.29, 1.82) is 0 Å². The topological polar surface area (TPSA) is 112 Å². The predicted molar refractivity (Wildman–Crippen MR) is 102 cm³/mol. The average Bonchev–Trinajstić information content (AvgIpc) is 3.02. The van der Waals surface area contributed by atoms with Gasteiger partial charge in [0.25, 0.3) is 5.56 Å². The predicted octanol–water partition coefficient (Wildman–Crippen LogP) is 1.66. The zero-order valence-corrected chi connectivity index (χ0v) is 16.4. The van der Waals surface area contributed by atoms with Crippen molar-refractivity contribution < 1.29 is 8.42 Å². The number of primary sulfonamides is 1. The Hall–Kier alpha value is -2.52. The Kier molecular flexibility index (Phi) is 5.16. The summed E-state index contributed by atoms with van der Waals surface area (Å²) in [6, 6.07) is 6.35. The highest BCUT2D eigenvalue weighted by atomic mass is 32.2. The smallest absolute Gasteiger partial charge is 0.279 e. The van der Waals surface area contributed by atoms with Gasteiger partial charge in [0.05, 0.1) is 11.4 Å². The molecule has 0 amide bonds. The molecule has 0 saturated carbocycles. The van der Waals surface area contributed by atoms with Crippen LogP contribution >= 0.6 is 0 Å². The number of rotatable bonds is 6. The minimum atomic E-state index is -3.73. The number of nitrogens with zero attached hydrogens (tertiary/aromatic N) is 4. The minimum absolute atomic E-state index is 0.0386. The zero-order valence-electron chi connectivity index (χ0n) is 15.6. The van der Waals surface area contributed by atoms with Crippen molar-refractivity contribution >= 4 is 15.8 Å². The summed E-state index contributed by atoms with van der Waals surface area (Å²) in [5.41, 5.74) is 1.36. The molecule has 2 N–H and O–H groups in total. The van der Waals surface area contributed by atoms with Gasteiger partial charge in [-0.15, -0.1) is 5.10 Å². The maximum absolute atomic E-state index is 12.7. The average molecular weight is 389 g/mol. The summed E-state index contributed by atoms with van der Waals surface area (Å²) in [4.78, 5) is 17.3. The van der Waals surface area contributed by atoms with E-state index in [4.69, 9.17) is 5.14 Å². The first kappa shape index (κ1) is 19.2. The molecule has 0 aliphatic rings. The summed E-state index contributed by atoms with van der Waals surface area (Å²) in [6.07, 6.45) is 3.39. The number of aromatic nitrogens is 4. The first-order valence-corrected chi connectivity index (χ1v) is 10.4. The van der Waals surface area contributed by atoms with Crippen molar-refractivity contribution in [2.45, 2.75) is 51.0 Å². The highest BCUT2D eigenvalue weighted by Crippen LogP contribution is 2.15. The van der Waals surface area contributed by atoms with E-state index in [-0.39, 0.29) is 16.4 Å². The molecule has 0 atom stereocenters. The van der Waals surface area contributed by atoms with Gasteiger partial charge in [0.2, 0.25) is 15.8 Å². The molecule has 0 bridgehead atoms. The number of fused-ring (bicyclic) bond motifs is 1. The standard InChI is InChI=1S/C18H23N5O3S/c1-4-5-16-20-18-22(11-15(12(2)3)17(24)23(18)21-16)10-13-6-8-14(9-7-13)27(19,25)26/h6-9,11-12H,4-5,10H2,1-3H3,(H2,19,25,26). The lowest BCUT2D eigenvalue weighted by Gasteiger charge is -2.12. The highest BCUT2D eigenvalue weighted by Gasteiger charge is 2.16. The number of aryl methyl sites for hydroxylation is 1. The van der Waals surface area contributed by atoms with E-state index in [1.165, 1.54) is 16.6 Å². The van der Waals surface area contributed by atoms with E-state index < -0.39 is 10.0 Å². The van der Waals surface area contributed by atoms with Gasteiger partial charge >= 0.3 is 0 Å². The third kappa shape index (κ3) is 3.93. The lowest BCUT2D eigenvalue weighted by molar-refractivity contribution is 0.597. The molecule has 2 heterocycles. The third-order valence-corrected chi connectivity index (χ3v) is 5.25. The summed E-state index contributed by atoms with van der Waals surface area (Å²) in [6.45, 7) is 6.37. The van der Waals surface area contributed by atoms with E-state index in [1.807, 2.05) is 25.3 Å². The summed E-state index contributed by atoms with van der Waals surface area (Å²) in [5, 5.41) is 9.52. The molecular weight excluding hydrogens is 366 g/mol. The van der Waals surface area contributed by atoms with Crippen LogP contribution in [0.1, 0.15) is 50.1 Å². The molecule has 27 heavy (non-hydrogen) atoms. The Morgan fingerprint density at radius 1 is 1.19 bits per heavy atom. The minimum Gasteiger partial charge on any atom is -0.312 e. The van der Waals surface area contributed by atoms with Gasteiger partial charge in [-0.3, -0.25) is 4.79 Å². The fraction of sp³-hybridized carbons (Fsp3) is 0.389. The van der Waals surface area contributed by atoms with Crippen molar-refractivity contribution in [3.8, 4) is 0 Å². The van der Waals surface area contributed by atoms with Gasteiger partial charge in [-0.25, -0.2) is 13.6 Å². The normalized spacial score (nSPS) is 12.2. The Labute approximate surface area is 157 Å². The van der Waals surface area contributed by atoms with Gasteiger partial charge < -0.3 is 4.57 Å². The van der Waals surface area contributed by atoms with E-state index in [2.05, 4.69) is 10.1 Å². The number of hydrogen-bond acceptors (Lipinski definition) is 5. The molecule has 0 aliphatic heterocycles. The van der Waals surface area contributed by atoms with Crippen LogP contribution in [0, 0.1) is 0 Å². The quantitative estimate of drug-likeness (QED) is 0.689. The molecule has 3 aromatic rings. The lowest BCUT2D eigenvalue weighted by Crippen LogP contribution is -2.24. The first-order valence-electron chi connectivity index (χ1n) is 8.81. The van der Waals surface area contributed by atoms with Crippen LogP contribution in [0.5, 0.6) is 0 Å². The van der Waals surface area contributed by atoms with E-state index in [9.17, 15) is 13.2 Å². The van der Waals surface area contributed by atoms with E-state index in [0.717, 1.165) is 12.0 Å². The van der Waals surface area contributed by atoms with Gasteiger partial charge in [0.1, 0.15) is 0 Å². The largest absolute Gasteiger partial charge is 0.312 e. The molecule has 8 nitrogen and oxygen atoms in total.